The number of aromatic amines is 1. The number of benzene rings is 1. The molecule has 2 atom stereocenters. The van der Waals surface area contributed by atoms with Crippen molar-refractivity contribution < 1.29 is 19.4 Å². The van der Waals surface area contributed by atoms with E-state index in [9.17, 15) is 14.7 Å². The fourth-order valence-electron chi connectivity index (χ4n) is 5.22. The number of nitrogens with one attached hydrogen (secondary N) is 1. The summed E-state index contributed by atoms with van der Waals surface area (Å²) in [6.07, 6.45) is 5.14. The Balaban J connectivity index is 1.51. The highest BCUT2D eigenvalue weighted by Crippen LogP contribution is 2.42. The van der Waals surface area contributed by atoms with Crippen LogP contribution in [0.4, 0.5) is 0 Å². The summed E-state index contributed by atoms with van der Waals surface area (Å²) in [4.78, 5) is 30.6. The standard InChI is InChI=1S/C21H24N2O4/c24-19(23-10-13-8-9-27-12-21(13,11-23)20(25)26)16-6-3-5-15-14-4-1-2-7-17(14)22-18(15)16/h3,5-6,13,22H,1-2,4,7-12H2,(H,25,26)/t13-,21+/m0/s1. The van der Waals surface area contributed by atoms with Gasteiger partial charge in [-0.1, -0.05) is 12.1 Å². The summed E-state index contributed by atoms with van der Waals surface area (Å²) in [6.45, 7) is 1.48. The minimum Gasteiger partial charge on any atom is -0.481 e. The van der Waals surface area contributed by atoms with Crippen molar-refractivity contribution >= 4 is 22.8 Å². The van der Waals surface area contributed by atoms with E-state index in [2.05, 4.69) is 11.1 Å². The summed E-state index contributed by atoms with van der Waals surface area (Å²) in [6, 6.07) is 5.89. The van der Waals surface area contributed by atoms with E-state index in [1.807, 2.05) is 12.1 Å². The van der Waals surface area contributed by atoms with Crippen molar-refractivity contribution in [2.24, 2.45) is 11.3 Å². The van der Waals surface area contributed by atoms with Gasteiger partial charge >= 0.3 is 5.97 Å². The third kappa shape index (κ3) is 2.42. The Hall–Kier alpha value is -2.34. The molecule has 0 radical (unpaired) electrons. The van der Waals surface area contributed by atoms with Crippen LogP contribution in [0.2, 0.25) is 0 Å². The highest BCUT2D eigenvalue weighted by molar-refractivity contribution is 6.07. The Morgan fingerprint density at radius 1 is 1.26 bits per heavy atom. The highest BCUT2D eigenvalue weighted by atomic mass is 16.5. The van der Waals surface area contributed by atoms with Crippen molar-refractivity contribution in [2.45, 2.75) is 32.1 Å². The average Bonchev–Trinajstić information content (AvgIpc) is 3.26. The van der Waals surface area contributed by atoms with Crippen LogP contribution in [0, 0.1) is 11.3 Å². The number of aliphatic carboxylic acids is 1. The van der Waals surface area contributed by atoms with Crippen molar-refractivity contribution in [1.29, 1.82) is 0 Å². The molecule has 0 unspecified atom stereocenters. The summed E-state index contributed by atoms with van der Waals surface area (Å²) in [5.41, 5.74) is 3.20. The number of aromatic nitrogens is 1. The van der Waals surface area contributed by atoms with Gasteiger partial charge in [-0.2, -0.15) is 0 Å². The average molecular weight is 368 g/mol. The number of nitrogens with zero attached hydrogens (tertiary/aromatic N) is 1. The van der Waals surface area contributed by atoms with Crippen LogP contribution in [0.1, 0.15) is 40.9 Å². The molecule has 1 aromatic heterocycles. The van der Waals surface area contributed by atoms with E-state index in [-0.39, 0.29) is 25.0 Å². The van der Waals surface area contributed by atoms with Crippen molar-refractivity contribution in [3.63, 3.8) is 0 Å². The van der Waals surface area contributed by atoms with Crippen molar-refractivity contribution in [1.82, 2.24) is 9.88 Å². The molecule has 0 spiro atoms. The number of fused-ring (bicyclic) bond motifs is 4. The number of hydrogen-bond donors (Lipinski definition) is 2. The maximum Gasteiger partial charge on any atom is 0.314 e. The summed E-state index contributed by atoms with van der Waals surface area (Å²) in [5, 5.41) is 11.0. The highest BCUT2D eigenvalue weighted by Gasteiger charge is 2.55. The number of carbonyl (C=O) groups is 2. The molecular weight excluding hydrogens is 344 g/mol. The predicted molar refractivity (Wildman–Crippen MR) is 99.8 cm³/mol. The zero-order chi connectivity index (χ0) is 18.6. The smallest absolute Gasteiger partial charge is 0.314 e. The van der Waals surface area contributed by atoms with Gasteiger partial charge in [-0.25, -0.2) is 0 Å². The maximum atomic E-state index is 13.4. The van der Waals surface area contributed by atoms with E-state index in [0.29, 0.717) is 25.1 Å². The molecule has 2 fully saturated rings. The first-order valence-corrected chi connectivity index (χ1v) is 9.83. The normalized spacial score (nSPS) is 27.4. The van der Waals surface area contributed by atoms with Gasteiger partial charge in [0.1, 0.15) is 5.41 Å². The summed E-state index contributed by atoms with van der Waals surface area (Å²) < 4.78 is 5.48. The molecule has 2 N–H and O–H groups in total. The molecule has 142 valence electrons. The van der Waals surface area contributed by atoms with Crippen LogP contribution < -0.4 is 0 Å². The van der Waals surface area contributed by atoms with Gasteiger partial charge in [0.2, 0.25) is 0 Å². The zero-order valence-corrected chi connectivity index (χ0v) is 15.3. The number of rotatable bonds is 2. The Morgan fingerprint density at radius 2 is 2.11 bits per heavy atom. The van der Waals surface area contributed by atoms with E-state index < -0.39 is 11.4 Å². The molecule has 1 aromatic carbocycles. The number of H-pyrrole nitrogens is 1. The van der Waals surface area contributed by atoms with Gasteiger partial charge in [-0.3, -0.25) is 9.59 Å². The molecule has 3 aliphatic rings. The molecule has 2 aromatic rings. The summed E-state index contributed by atoms with van der Waals surface area (Å²) >= 11 is 0. The number of likely N-dealkylation sites (tertiary alicyclic amines) is 1. The van der Waals surface area contributed by atoms with Crippen LogP contribution in [0.15, 0.2) is 18.2 Å². The van der Waals surface area contributed by atoms with Crippen molar-refractivity contribution in [3.8, 4) is 0 Å². The fourth-order valence-corrected chi connectivity index (χ4v) is 5.22. The molecular formula is C21H24N2O4. The number of aryl methyl sites for hydroxylation is 2. The van der Waals surface area contributed by atoms with Crippen LogP contribution >= 0.6 is 0 Å². The molecule has 5 rings (SSSR count). The van der Waals surface area contributed by atoms with Gasteiger partial charge in [0.25, 0.3) is 5.91 Å². The largest absolute Gasteiger partial charge is 0.481 e. The molecule has 6 nitrogen and oxygen atoms in total. The number of ether oxygens (including phenoxy) is 1. The van der Waals surface area contributed by atoms with Crippen LogP contribution in [-0.4, -0.2) is 53.2 Å². The Bertz CT molecular complexity index is 934. The molecule has 3 heterocycles. The van der Waals surface area contributed by atoms with Gasteiger partial charge in [-0.15, -0.1) is 0 Å². The third-order valence-corrected chi connectivity index (χ3v) is 6.74. The molecule has 1 amide bonds. The Kier molecular flexibility index (Phi) is 3.79. The number of para-hydroxylation sites is 1. The Morgan fingerprint density at radius 3 is 2.93 bits per heavy atom. The van der Waals surface area contributed by atoms with E-state index in [1.165, 1.54) is 24.1 Å². The van der Waals surface area contributed by atoms with Crippen LogP contribution in [0.5, 0.6) is 0 Å². The molecule has 0 bridgehead atoms. The first-order valence-electron chi connectivity index (χ1n) is 9.83. The zero-order valence-electron chi connectivity index (χ0n) is 15.3. The topological polar surface area (TPSA) is 82.6 Å². The van der Waals surface area contributed by atoms with E-state index in [0.717, 1.165) is 23.7 Å². The maximum absolute atomic E-state index is 13.4. The monoisotopic (exact) mass is 368 g/mol. The number of carboxylic acid groups (broad SMARTS) is 1. The SMILES string of the molecule is O=C(c1cccc2c3c([nH]c12)CCCC3)N1C[C@@H]2CCOC[C@]2(C(=O)O)C1. The minimum atomic E-state index is -0.962. The lowest BCUT2D eigenvalue weighted by atomic mass is 9.76. The lowest BCUT2D eigenvalue weighted by Crippen LogP contribution is -2.46. The number of carbonyl (C=O) groups excluding carboxylic acids is 1. The first-order chi connectivity index (χ1) is 13.1. The Labute approximate surface area is 157 Å². The van der Waals surface area contributed by atoms with E-state index in [4.69, 9.17) is 4.74 Å². The van der Waals surface area contributed by atoms with Crippen LogP contribution in [0.25, 0.3) is 10.9 Å². The molecule has 6 heteroatoms. The van der Waals surface area contributed by atoms with Crippen molar-refractivity contribution in [2.75, 3.05) is 26.3 Å². The second-order valence-electron chi connectivity index (χ2n) is 8.20. The summed E-state index contributed by atoms with van der Waals surface area (Å²) in [7, 11) is 0. The fraction of sp³-hybridized carbons (Fsp3) is 0.524. The van der Waals surface area contributed by atoms with Crippen LogP contribution in [-0.2, 0) is 22.4 Å². The first kappa shape index (κ1) is 16.8. The molecule has 27 heavy (non-hydrogen) atoms. The van der Waals surface area contributed by atoms with E-state index >= 15 is 0 Å². The van der Waals surface area contributed by atoms with Crippen LogP contribution in [0.3, 0.4) is 0 Å². The van der Waals surface area contributed by atoms with Gasteiger partial charge in [0.15, 0.2) is 0 Å². The van der Waals surface area contributed by atoms with Crippen molar-refractivity contribution in [3.05, 3.63) is 35.0 Å². The number of hydrogen-bond acceptors (Lipinski definition) is 3. The van der Waals surface area contributed by atoms with Gasteiger partial charge in [-0.05, 0) is 49.7 Å². The second-order valence-corrected chi connectivity index (χ2v) is 8.20. The second kappa shape index (κ2) is 6.09. The minimum absolute atomic E-state index is 0.0382. The number of carboxylic acids is 1. The molecule has 2 aliphatic heterocycles. The molecule has 0 saturated carbocycles. The third-order valence-electron chi connectivity index (χ3n) is 6.74. The van der Waals surface area contributed by atoms with Gasteiger partial charge in [0, 0.05) is 30.8 Å². The predicted octanol–water partition coefficient (Wildman–Crippen LogP) is 2.61. The summed E-state index contributed by atoms with van der Waals surface area (Å²) in [5.74, 6) is -0.964. The van der Waals surface area contributed by atoms with Gasteiger partial charge < -0.3 is 19.7 Å². The quantitative estimate of drug-likeness (QED) is 0.854. The lowest BCUT2D eigenvalue weighted by Gasteiger charge is -2.33. The molecule has 1 aliphatic carbocycles. The number of amides is 1. The molecule has 2 saturated heterocycles. The van der Waals surface area contributed by atoms with Gasteiger partial charge in [0.05, 0.1) is 17.7 Å². The van der Waals surface area contributed by atoms with E-state index in [1.54, 1.807) is 4.90 Å². The lowest BCUT2D eigenvalue weighted by molar-refractivity contribution is -0.159.